The predicted molar refractivity (Wildman–Crippen MR) is 64.7 cm³/mol. The van der Waals surface area contributed by atoms with Crippen molar-refractivity contribution in [2.24, 2.45) is 17.8 Å². The fourth-order valence-corrected chi connectivity index (χ4v) is 4.97. The van der Waals surface area contributed by atoms with Gasteiger partial charge in [0.05, 0.1) is 12.2 Å². The number of nitrogens with zero attached hydrogens (tertiary/aromatic N) is 1. The highest BCUT2D eigenvalue weighted by atomic mass is 16.5. The molecular weight excluding hydrogens is 214 g/mol. The van der Waals surface area contributed by atoms with Gasteiger partial charge < -0.3 is 9.84 Å². The monoisotopic (exact) mass is 237 g/mol. The van der Waals surface area contributed by atoms with Crippen molar-refractivity contribution in [3.8, 4) is 0 Å². The number of aliphatic hydroxyl groups excluding tert-OH is 1. The Labute approximate surface area is 103 Å². The van der Waals surface area contributed by atoms with E-state index in [1.54, 1.807) is 0 Å². The van der Waals surface area contributed by atoms with Gasteiger partial charge in [-0.1, -0.05) is 0 Å². The molecule has 0 amide bonds. The topological polar surface area (TPSA) is 32.7 Å². The lowest BCUT2D eigenvalue weighted by Crippen LogP contribution is -2.41. The molecule has 4 rings (SSSR count). The Morgan fingerprint density at radius 2 is 2.18 bits per heavy atom. The van der Waals surface area contributed by atoms with Crippen LogP contribution in [0.4, 0.5) is 0 Å². The summed E-state index contributed by atoms with van der Waals surface area (Å²) >= 11 is 0. The maximum absolute atomic E-state index is 10.3. The first-order valence-corrected chi connectivity index (χ1v) is 7.36. The predicted octanol–water partition coefficient (Wildman–Crippen LogP) is 1.26. The Balaban J connectivity index is 1.39. The zero-order chi connectivity index (χ0) is 11.4. The minimum Gasteiger partial charge on any atom is -0.391 e. The highest BCUT2D eigenvalue weighted by molar-refractivity contribution is 5.10. The number of fused-ring (bicyclic) bond motifs is 1. The van der Waals surface area contributed by atoms with Gasteiger partial charge in [-0.05, 0) is 49.9 Å². The largest absolute Gasteiger partial charge is 0.391 e. The van der Waals surface area contributed by atoms with Crippen molar-refractivity contribution in [1.82, 2.24) is 4.90 Å². The lowest BCUT2D eigenvalue weighted by molar-refractivity contribution is 0.0405. The zero-order valence-corrected chi connectivity index (χ0v) is 10.4. The van der Waals surface area contributed by atoms with Crippen LogP contribution in [0.15, 0.2) is 0 Å². The van der Waals surface area contributed by atoms with E-state index in [2.05, 4.69) is 4.90 Å². The number of likely N-dealkylation sites (tertiary alicyclic amines) is 1. The van der Waals surface area contributed by atoms with Crippen molar-refractivity contribution in [3.63, 3.8) is 0 Å². The number of aliphatic hydroxyl groups is 1. The normalized spacial score (nSPS) is 52.8. The molecule has 0 aromatic heterocycles. The van der Waals surface area contributed by atoms with E-state index in [1.807, 2.05) is 0 Å². The minimum atomic E-state index is -0.0248. The summed E-state index contributed by atoms with van der Waals surface area (Å²) < 4.78 is 5.70. The van der Waals surface area contributed by atoms with E-state index in [9.17, 15) is 5.11 Å². The highest BCUT2D eigenvalue weighted by Gasteiger charge is 2.58. The van der Waals surface area contributed by atoms with E-state index in [4.69, 9.17) is 4.74 Å². The summed E-state index contributed by atoms with van der Waals surface area (Å²) in [6.07, 6.45) is 6.73. The lowest BCUT2D eigenvalue weighted by Gasteiger charge is -2.29. The van der Waals surface area contributed by atoms with Crippen LogP contribution < -0.4 is 0 Å². The molecule has 1 N–H and O–H groups in total. The van der Waals surface area contributed by atoms with Crippen LogP contribution in [0.5, 0.6) is 0 Å². The first kappa shape index (κ1) is 10.8. The third kappa shape index (κ3) is 1.59. The van der Waals surface area contributed by atoms with Gasteiger partial charge in [-0.15, -0.1) is 0 Å². The average Bonchev–Trinajstić information content (AvgIpc) is 3.02. The Hall–Kier alpha value is -0.120. The second-order valence-electron chi connectivity index (χ2n) is 6.56. The lowest BCUT2D eigenvalue weighted by atomic mass is 9.88. The first-order valence-electron chi connectivity index (χ1n) is 7.36. The molecule has 2 bridgehead atoms. The molecule has 3 heteroatoms. The molecule has 2 aliphatic carbocycles. The Morgan fingerprint density at radius 3 is 2.94 bits per heavy atom. The maximum Gasteiger partial charge on any atom is 0.0726 e. The second kappa shape index (κ2) is 3.94. The first-order chi connectivity index (χ1) is 8.33. The van der Waals surface area contributed by atoms with Gasteiger partial charge in [0.25, 0.3) is 0 Å². The average molecular weight is 237 g/mol. The van der Waals surface area contributed by atoms with Crippen molar-refractivity contribution >= 4 is 0 Å². The summed E-state index contributed by atoms with van der Waals surface area (Å²) in [6, 6.07) is 0.500. The standard InChI is InChI=1S/C14H23NO2/c16-14-9-6-10-8-15(13(14)12(10)7-9)4-3-11-2-1-5-17-11/h9-14,16H,1-8H2. The summed E-state index contributed by atoms with van der Waals surface area (Å²) in [7, 11) is 0. The number of ether oxygens (including phenoxy) is 1. The van der Waals surface area contributed by atoms with Gasteiger partial charge >= 0.3 is 0 Å². The minimum absolute atomic E-state index is 0.0248. The molecular formula is C14H23NO2. The third-order valence-electron chi connectivity index (χ3n) is 5.71. The van der Waals surface area contributed by atoms with Crippen LogP contribution >= 0.6 is 0 Å². The van der Waals surface area contributed by atoms with Gasteiger partial charge in [-0.2, -0.15) is 0 Å². The quantitative estimate of drug-likeness (QED) is 0.802. The van der Waals surface area contributed by atoms with Crippen LogP contribution in [0.25, 0.3) is 0 Å². The van der Waals surface area contributed by atoms with Crippen molar-refractivity contribution in [2.75, 3.05) is 19.7 Å². The number of hydrogen-bond donors (Lipinski definition) is 1. The van der Waals surface area contributed by atoms with Crippen LogP contribution in [0.2, 0.25) is 0 Å². The summed E-state index contributed by atoms with van der Waals surface area (Å²) in [5.41, 5.74) is 0. The molecule has 0 aromatic rings. The Morgan fingerprint density at radius 1 is 1.24 bits per heavy atom. The van der Waals surface area contributed by atoms with Gasteiger partial charge in [-0.25, -0.2) is 0 Å². The van der Waals surface area contributed by atoms with Crippen LogP contribution in [-0.4, -0.2) is 48.0 Å². The fraction of sp³-hybridized carbons (Fsp3) is 1.00. The molecule has 6 unspecified atom stereocenters. The maximum atomic E-state index is 10.3. The highest BCUT2D eigenvalue weighted by Crippen LogP contribution is 2.54. The molecule has 4 fully saturated rings. The molecule has 0 aromatic carbocycles. The summed E-state index contributed by atoms with van der Waals surface area (Å²) in [5, 5.41) is 10.3. The Kier molecular flexibility index (Phi) is 2.50. The number of hydrogen-bond acceptors (Lipinski definition) is 3. The van der Waals surface area contributed by atoms with Gasteiger partial charge in [0.1, 0.15) is 0 Å². The molecule has 96 valence electrons. The van der Waals surface area contributed by atoms with E-state index >= 15 is 0 Å². The van der Waals surface area contributed by atoms with Gasteiger partial charge in [0.2, 0.25) is 0 Å². The van der Waals surface area contributed by atoms with Crippen molar-refractivity contribution < 1.29 is 9.84 Å². The molecule has 2 aliphatic heterocycles. The second-order valence-corrected chi connectivity index (χ2v) is 6.56. The van der Waals surface area contributed by atoms with Gasteiger partial charge in [0, 0.05) is 25.7 Å². The van der Waals surface area contributed by atoms with Crippen LogP contribution in [0.3, 0.4) is 0 Å². The van der Waals surface area contributed by atoms with Crippen LogP contribution in [0, 0.1) is 17.8 Å². The SMILES string of the molecule is OC1C2CC3CN(CCC4CCCO4)C1C3C2. The zero-order valence-electron chi connectivity index (χ0n) is 10.4. The Bertz CT molecular complexity index is 301. The van der Waals surface area contributed by atoms with Crippen LogP contribution in [0.1, 0.15) is 32.1 Å². The summed E-state index contributed by atoms with van der Waals surface area (Å²) in [6.45, 7) is 3.35. The van der Waals surface area contributed by atoms with Crippen LogP contribution in [-0.2, 0) is 4.74 Å². The van der Waals surface area contributed by atoms with Crippen molar-refractivity contribution in [1.29, 1.82) is 0 Å². The van der Waals surface area contributed by atoms with Crippen molar-refractivity contribution in [3.05, 3.63) is 0 Å². The summed E-state index contributed by atoms with van der Waals surface area (Å²) in [5.74, 6) is 2.35. The van der Waals surface area contributed by atoms with Crippen molar-refractivity contribution in [2.45, 2.75) is 50.4 Å². The van der Waals surface area contributed by atoms with E-state index in [-0.39, 0.29) is 6.10 Å². The molecule has 2 saturated carbocycles. The third-order valence-corrected chi connectivity index (χ3v) is 5.71. The van der Waals surface area contributed by atoms with E-state index in [0.29, 0.717) is 18.1 Å². The molecule has 0 radical (unpaired) electrons. The molecule has 0 spiro atoms. The van der Waals surface area contributed by atoms with Gasteiger partial charge in [0.15, 0.2) is 0 Å². The molecule has 4 aliphatic rings. The molecule has 2 saturated heterocycles. The molecule has 3 nitrogen and oxygen atoms in total. The smallest absolute Gasteiger partial charge is 0.0726 e. The summed E-state index contributed by atoms with van der Waals surface area (Å²) in [4.78, 5) is 2.58. The molecule has 6 atom stereocenters. The van der Waals surface area contributed by atoms with E-state index in [1.165, 1.54) is 38.6 Å². The van der Waals surface area contributed by atoms with E-state index in [0.717, 1.165) is 25.0 Å². The fourth-order valence-electron chi connectivity index (χ4n) is 4.97. The number of rotatable bonds is 3. The van der Waals surface area contributed by atoms with Gasteiger partial charge in [-0.3, -0.25) is 4.90 Å². The van der Waals surface area contributed by atoms with E-state index < -0.39 is 0 Å². The molecule has 2 heterocycles. The molecule has 17 heavy (non-hydrogen) atoms.